The van der Waals surface area contributed by atoms with Crippen LogP contribution < -0.4 is 0 Å². The van der Waals surface area contributed by atoms with Gasteiger partial charge in [0.05, 0.1) is 0 Å². The SMILES string of the molecule is C#CCCOC(=O)C(C)C=O. The van der Waals surface area contributed by atoms with Gasteiger partial charge in [-0.05, 0) is 6.92 Å². The molecule has 1 atom stereocenters. The van der Waals surface area contributed by atoms with E-state index in [9.17, 15) is 9.59 Å². The summed E-state index contributed by atoms with van der Waals surface area (Å²) in [5.74, 6) is 1.11. The van der Waals surface area contributed by atoms with Crippen LogP contribution in [-0.2, 0) is 14.3 Å². The van der Waals surface area contributed by atoms with Crippen LogP contribution in [0.4, 0.5) is 0 Å². The standard InChI is InChI=1S/C8H10O3/c1-3-4-5-11-8(10)7(2)6-9/h1,6-7H,4-5H2,2H3. The van der Waals surface area contributed by atoms with Crippen LogP contribution in [0.3, 0.4) is 0 Å². The van der Waals surface area contributed by atoms with Gasteiger partial charge in [-0.2, -0.15) is 0 Å². The van der Waals surface area contributed by atoms with Crippen molar-refractivity contribution in [2.75, 3.05) is 6.61 Å². The molecule has 60 valence electrons. The first-order valence-electron chi connectivity index (χ1n) is 3.27. The van der Waals surface area contributed by atoms with E-state index in [2.05, 4.69) is 10.7 Å². The van der Waals surface area contributed by atoms with Gasteiger partial charge < -0.3 is 9.53 Å². The molecule has 1 unspecified atom stereocenters. The fourth-order valence-corrected chi connectivity index (χ4v) is 0.398. The van der Waals surface area contributed by atoms with Crippen LogP contribution >= 0.6 is 0 Å². The van der Waals surface area contributed by atoms with Gasteiger partial charge in [0.2, 0.25) is 0 Å². The number of aldehydes is 1. The molecule has 0 saturated carbocycles. The van der Waals surface area contributed by atoms with Crippen molar-refractivity contribution in [1.82, 2.24) is 0 Å². The molecule has 0 aliphatic carbocycles. The molecule has 0 amide bonds. The minimum Gasteiger partial charge on any atom is -0.464 e. The zero-order valence-corrected chi connectivity index (χ0v) is 6.37. The normalized spacial score (nSPS) is 11.3. The van der Waals surface area contributed by atoms with Crippen LogP contribution in [-0.4, -0.2) is 18.9 Å². The maximum atomic E-state index is 10.7. The van der Waals surface area contributed by atoms with Crippen molar-refractivity contribution in [1.29, 1.82) is 0 Å². The fraction of sp³-hybridized carbons (Fsp3) is 0.500. The molecule has 0 rings (SSSR count). The molecule has 11 heavy (non-hydrogen) atoms. The lowest BCUT2D eigenvalue weighted by Gasteiger charge is -2.02. The van der Waals surface area contributed by atoms with E-state index in [1.54, 1.807) is 0 Å². The fourth-order valence-electron chi connectivity index (χ4n) is 0.398. The molecule has 0 radical (unpaired) electrons. The summed E-state index contributed by atoms with van der Waals surface area (Å²) in [7, 11) is 0. The lowest BCUT2D eigenvalue weighted by atomic mass is 10.2. The molecule has 0 heterocycles. The first-order chi connectivity index (χ1) is 5.22. The first kappa shape index (κ1) is 9.70. The summed E-state index contributed by atoms with van der Waals surface area (Å²) in [4.78, 5) is 20.8. The number of hydrogen-bond donors (Lipinski definition) is 0. The molecule has 0 fully saturated rings. The maximum Gasteiger partial charge on any atom is 0.315 e. The minimum absolute atomic E-state index is 0.188. The Morgan fingerprint density at radius 1 is 1.82 bits per heavy atom. The average Bonchev–Trinajstić information content (AvgIpc) is 2.03. The second kappa shape index (κ2) is 5.48. The van der Waals surface area contributed by atoms with Crippen LogP contribution in [0, 0.1) is 18.3 Å². The Morgan fingerprint density at radius 2 is 2.45 bits per heavy atom. The molecule has 0 aliphatic rings. The van der Waals surface area contributed by atoms with Crippen LogP contribution in [0.1, 0.15) is 13.3 Å². The molecular formula is C8H10O3. The van der Waals surface area contributed by atoms with Gasteiger partial charge in [0.25, 0.3) is 0 Å². The Morgan fingerprint density at radius 3 is 2.91 bits per heavy atom. The van der Waals surface area contributed by atoms with Gasteiger partial charge in [-0.1, -0.05) is 0 Å². The molecule has 0 spiro atoms. The molecule has 3 heteroatoms. The highest BCUT2D eigenvalue weighted by molar-refractivity contribution is 5.87. The molecule has 0 aromatic rings. The highest BCUT2D eigenvalue weighted by Gasteiger charge is 2.11. The summed E-state index contributed by atoms with van der Waals surface area (Å²) in [6.07, 6.45) is 5.84. The summed E-state index contributed by atoms with van der Waals surface area (Å²) in [6, 6.07) is 0. The minimum atomic E-state index is -0.687. The molecule has 0 aromatic carbocycles. The Labute approximate surface area is 65.7 Å². The van der Waals surface area contributed by atoms with Crippen LogP contribution in [0.25, 0.3) is 0 Å². The Balaban J connectivity index is 3.54. The average molecular weight is 154 g/mol. The third-order valence-electron chi connectivity index (χ3n) is 1.07. The van der Waals surface area contributed by atoms with Crippen molar-refractivity contribution >= 4 is 12.3 Å². The second-order valence-electron chi connectivity index (χ2n) is 2.05. The lowest BCUT2D eigenvalue weighted by Crippen LogP contribution is -2.16. The summed E-state index contributed by atoms with van der Waals surface area (Å²) < 4.78 is 4.62. The van der Waals surface area contributed by atoms with Crippen molar-refractivity contribution in [3.8, 4) is 12.3 Å². The van der Waals surface area contributed by atoms with Crippen molar-refractivity contribution in [3.05, 3.63) is 0 Å². The van der Waals surface area contributed by atoms with E-state index in [0.717, 1.165) is 0 Å². The highest BCUT2D eigenvalue weighted by atomic mass is 16.5. The Bertz CT molecular complexity index is 178. The van der Waals surface area contributed by atoms with E-state index >= 15 is 0 Å². The third-order valence-corrected chi connectivity index (χ3v) is 1.07. The summed E-state index contributed by atoms with van der Waals surface area (Å²) in [6.45, 7) is 1.67. The van der Waals surface area contributed by atoms with Gasteiger partial charge in [-0.3, -0.25) is 4.79 Å². The predicted octanol–water partition coefficient (Wildman–Crippen LogP) is 0.388. The molecule has 0 bridgehead atoms. The zero-order chi connectivity index (χ0) is 8.69. The number of carbonyl (C=O) groups is 2. The predicted molar refractivity (Wildman–Crippen MR) is 39.6 cm³/mol. The first-order valence-corrected chi connectivity index (χ1v) is 3.27. The molecule has 0 aliphatic heterocycles. The van der Waals surface area contributed by atoms with Crippen LogP contribution in [0.15, 0.2) is 0 Å². The summed E-state index contributed by atoms with van der Waals surface area (Å²) in [5.41, 5.74) is 0. The molecular weight excluding hydrogens is 144 g/mol. The largest absolute Gasteiger partial charge is 0.464 e. The number of ether oxygens (including phenoxy) is 1. The van der Waals surface area contributed by atoms with Crippen molar-refractivity contribution in [2.24, 2.45) is 5.92 Å². The van der Waals surface area contributed by atoms with E-state index in [4.69, 9.17) is 6.42 Å². The zero-order valence-electron chi connectivity index (χ0n) is 6.37. The van der Waals surface area contributed by atoms with E-state index in [1.807, 2.05) is 0 Å². The van der Waals surface area contributed by atoms with Crippen LogP contribution in [0.2, 0.25) is 0 Å². The smallest absolute Gasteiger partial charge is 0.315 e. The van der Waals surface area contributed by atoms with Crippen LogP contribution in [0.5, 0.6) is 0 Å². The van der Waals surface area contributed by atoms with E-state index in [-0.39, 0.29) is 6.61 Å². The van der Waals surface area contributed by atoms with Gasteiger partial charge in [-0.15, -0.1) is 12.3 Å². The van der Waals surface area contributed by atoms with E-state index in [0.29, 0.717) is 12.7 Å². The van der Waals surface area contributed by atoms with Crippen molar-refractivity contribution in [3.63, 3.8) is 0 Å². The van der Waals surface area contributed by atoms with Crippen molar-refractivity contribution < 1.29 is 14.3 Å². The number of terminal acetylenes is 1. The van der Waals surface area contributed by atoms with E-state index in [1.165, 1.54) is 6.92 Å². The summed E-state index contributed by atoms with van der Waals surface area (Å²) in [5, 5.41) is 0. The van der Waals surface area contributed by atoms with Gasteiger partial charge in [-0.25, -0.2) is 0 Å². The molecule has 0 saturated heterocycles. The number of carbonyl (C=O) groups excluding carboxylic acids is 2. The van der Waals surface area contributed by atoms with Gasteiger partial charge >= 0.3 is 5.97 Å². The lowest BCUT2D eigenvalue weighted by molar-refractivity contribution is -0.148. The summed E-state index contributed by atoms with van der Waals surface area (Å²) >= 11 is 0. The Hall–Kier alpha value is -1.30. The molecule has 3 nitrogen and oxygen atoms in total. The van der Waals surface area contributed by atoms with Gasteiger partial charge in [0.15, 0.2) is 0 Å². The van der Waals surface area contributed by atoms with E-state index < -0.39 is 11.9 Å². The molecule has 0 aromatic heterocycles. The highest BCUT2D eigenvalue weighted by Crippen LogP contribution is 1.94. The Kier molecular flexibility index (Phi) is 4.83. The van der Waals surface area contributed by atoms with Gasteiger partial charge in [0.1, 0.15) is 18.8 Å². The monoisotopic (exact) mass is 154 g/mol. The number of rotatable bonds is 4. The third kappa shape index (κ3) is 4.15. The number of hydrogen-bond acceptors (Lipinski definition) is 3. The molecule has 0 N–H and O–H groups in total. The van der Waals surface area contributed by atoms with Crippen molar-refractivity contribution in [2.45, 2.75) is 13.3 Å². The maximum absolute atomic E-state index is 10.7. The topological polar surface area (TPSA) is 43.4 Å². The van der Waals surface area contributed by atoms with Gasteiger partial charge in [0, 0.05) is 6.42 Å². The second-order valence-corrected chi connectivity index (χ2v) is 2.05. The quantitative estimate of drug-likeness (QED) is 0.193. The number of esters is 1.